The molecule has 0 aliphatic carbocycles. The minimum atomic E-state index is -2.87. The summed E-state index contributed by atoms with van der Waals surface area (Å²) >= 11 is 3.28. The molecule has 1 aromatic carbocycles. The highest BCUT2D eigenvalue weighted by Gasteiger charge is 2.10. The zero-order valence-corrected chi connectivity index (χ0v) is 11.7. The van der Waals surface area contributed by atoms with E-state index in [0.29, 0.717) is 5.56 Å². The van der Waals surface area contributed by atoms with Crippen molar-refractivity contribution >= 4 is 22.0 Å². The van der Waals surface area contributed by atoms with Crippen LogP contribution in [-0.4, -0.2) is 18.3 Å². The van der Waals surface area contributed by atoms with Crippen molar-refractivity contribution in [3.05, 3.63) is 33.8 Å². The van der Waals surface area contributed by atoms with E-state index in [0.717, 1.165) is 10.0 Å². The number of rotatable bonds is 5. The Balaban J connectivity index is 3.16. The van der Waals surface area contributed by atoms with Gasteiger partial charge in [-0.2, -0.15) is 8.78 Å². The third-order valence-electron chi connectivity index (χ3n) is 2.45. The molecule has 0 bridgehead atoms. The lowest BCUT2D eigenvalue weighted by Gasteiger charge is -2.12. The van der Waals surface area contributed by atoms with Gasteiger partial charge >= 0.3 is 6.61 Å². The fraction of sp³-hybridized carbons (Fsp3) is 0.385. The number of alkyl halides is 2. The topological polar surface area (TPSA) is 29.5 Å². The molecule has 0 fully saturated rings. The van der Waals surface area contributed by atoms with Crippen LogP contribution in [-0.2, 0) is 0 Å². The van der Waals surface area contributed by atoms with Crippen LogP contribution in [0.25, 0.3) is 6.08 Å². The second-order valence-corrected chi connectivity index (χ2v) is 5.01. The number of hydrogen-bond donors (Lipinski definition) is 1. The van der Waals surface area contributed by atoms with Gasteiger partial charge in [0.2, 0.25) is 0 Å². The van der Waals surface area contributed by atoms with Gasteiger partial charge < -0.3 is 9.84 Å². The van der Waals surface area contributed by atoms with E-state index in [1.54, 1.807) is 18.2 Å². The first kappa shape index (κ1) is 15.1. The molecule has 0 amide bonds. The maximum Gasteiger partial charge on any atom is 0.387 e. The Morgan fingerprint density at radius 1 is 1.44 bits per heavy atom. The van der Waals surface area contributed by atoms with Crippen molar-refractivity contribution in [3.8, 4) is 5.75 Å². The molecule has 0 atom stereocenters. The summed E-state index contributed by atoms with van der Waals surface area (Å²) in [6.45, 7) is 0.870. The Bertz CT molecular complexity index is 431. The van der Waals surface area contributed by atoms with Gasteiger partial charge in [-0.3, -0.25) is 0 Å². The van der Waals surface area contributed by atoms with Gasteiger partial charge in [0.05, 0.1) is 6.61 Å². The Kier molecular flexibility index (Phi) is 5.75. The zero-order chi connectivity index (χ0) is 13.7. The van der Waals surface area contributed by atoms with Crippen LogP contribution in [0.3, 0.4) is 0 Å². The maximum atomic E-state index is 12.3. The van der Waals surface area contributed by atoms with Crippen LogP contribution >= 0.6 is 15.9 Å². The van der Waals surface area contributed by atoms with E-state index in [2.05, 4.69) is 20.7 Å². The Labute approximate surface area is 113 Å². The molecule has 100 valence electrons. The smallest absolute Gasteiger partial charge is 0.387 e. The van der Waals surface area contributed by atoms with Gasteiger partial charge in [0.25, 0.3) is 0 Å². The average Bonchev–Trinajstić information content (AvgIpc) is 2.28. The highest BCUT2D eigenvalue weighted by atomic mass is 79.9. The summed E-state index contributed by atoms with van der Waals surface area (Å²) in [5.74, 6) is 0.230. The standard InChI is InChI=1S/C13H15BrF2O2/c1-8(2)10(7-17)5-9-6-11(14)3-4-12(9)18-13(15)16/h3-6,8,13,17H,7H2,1-2H3. The molecule has 0 saturated heterocycles. The van der Waals surface area contributed by atoms with Gasteiger partial charge in [-0.1, -0.05) is 29.8 Å². The number of aliphatic hydroxyl groups is 1. The SMILES string of the molecule is CC(C)C(=Cc1cc(Br)ccc1OC(F)F)CO. The van der Waals surface area contributed by atoms with E-state index < -0.39 is 6.61 Å². The van der Waals surface area contributed by atoms with Crippen LogP contribution in [0.2, 0.25) is 0 Å². The fourth-order valence-corrected chi connectivity index (χ4v) is 1.81. The number of ether oxygens (including phenoxy) is 1. The van der Waals surface area contributed by atoms with E-state index >= 15 is 0 Å². The Morgan fingerprint density at radius 3 is 2.61 bits per heavy atom. The third-order valence-corrected chi connectivity index (χ3v) is 2.95. The summed E-state index contributed by atoms with van der Waals surface area (Å²) in [6, 6.07) is 4.77. The van der Waals surface area contributed by atoms with Crippen LogP contribution in [0.4, 0.5) is 8.78 Å². The Hall–Kier alpha value is -0.940. The van der Waals surface area contributed by atoms with E-state index in [4.69, 9.17) is 0 Å². The Morgan fingerprint density at radius 2 is 2.11 bits per heavy atom. The quantitative estimate of drug-likeness (QED) is 0.885. The first-order chi connectivity index (χ1) is 8.43. The minimum Gasteiger partial charge on any atom is -0.434 e. The van der Waals surface area contributed by atoms with Gasteiger partial charge in [0.1, 0.15) is 5.75 Å². The highest BCUT2D eigenvalue weighted by molar-refractivity contribution is 9.10. The summed E-state index contributed by atoms with van der Waals surface area (Å²) in [6.07, 6.45) is 1.67. The number of halogens is 3. The minimum absolute atomic E-state index is 0.0970. The lowest BCUT2D eigenvalue weighted by atomic mass is 10.0. The molecule has 5 heteroatoms. The molecule has 0 aliphatic rings. The highest BCUT2D eigenvalue weighted by Crippen LogP contribution is 2.28. The second-order valence-electron chi connectivity index (χ2n) is 4.09. The molecule has 0 saturated carbocycles. The fourth-order valence-electron chi connectivity index (χ4n) is 1.43. The number of benzene rings is 1. The first-order valence-corrected chi connectivity index (χ1v) is 6.29. The molecular weight excluding hydrogens is 306 g/mol. The van der Waals surface area contributed by atoms with Crippen molar-refractivity contribution < 1.29 is 18.6 Å². The van der Waals surface area contributed by atoms with Gasteiger partial charge in [-0.15, -0.1) is 0 Å². The van der Waals surface area contributed by atoms with Crippen LogP contribution in [0.15, 0.2) is 28.2 Å². The molecule has 2 nitrogen and oxygen atoms in total. The summed E-state index contributed by atoms with van der Waals surface area (Å²) in [7, 11) is 0. The van der Waals surface area contributed by atoms with Crippen LogP contribution in [0.1, 0.15) is 19.4 Å². The molecule has 1 N–H and O–H groups in total. The predicted octanol–water partition coefficient (Wildman–Crippen LogP) is 4.08. The normalized spacial score (nSPS) is 12.3. The molecule has 0 heterocycles. The van der Waals surface area contributed by atoms with Crippen LogP contribution < -0.4 is 4.74 Å². The number of aliphatic hydroxyl groups excluding tert-OH is 1. The van der Waals surface area contributed by atoms with E-state index in [1.807, 2.05) is 13.8 Å². The van der Waals surface area contributed by atoms with Gasteiger partial charge in [-0.25, -0.2) is 0 Å². The molecule has 0 spiro atoms. The van der Waals surface area contributed by atoms with Crippen molar-refractivity contribution in [3.63, 3.8) is 0 Å². The van der Waals surface area contributed by atoms with Crippen LogP contribution in [0.5, 0.6) is 5.75 Å². The summed E-state index contributed by atoms with van der Waals surface area (Å²) in [5, 5.41) is 9.23. The van der Waals surface area contributed by atoms with E-state index in [1.165, 1.54) is 6.07 Å². The second kappa shape index (κ2) is 6.85. The summed E-state index contributed by atoms with van der Waals surface area (Å²) < 4.78 is 29.8. The van der Waals surface area contributed by atoms with Crippen molar-refractivity contribution in [2.45, 2.75) is 20.5 Å². The molecule has 0 unspecified atom stereocenters. The molecule has 0 aromatic heterocycles. The van der Waals surface area contributed by atoms with Gasteiger partial charge in [-0.05, 0) is 35.8 Å². The largest absolute Gasteiger partial charge is 0.434 e. The van der Waals surface area contributed by atoms with Crippen molar-refractivity contribution in [2.24, 2.45) is 5.92 Å². The maximum absolute atomic E-state index is 12.3. The van der Waals surface area contributed by atoms with Crippen LogP contribution in [0, 0.1) is 5.92 Å². The monoisotopic (exact) mass is 320 g/mol. The summed E-state index contributed by atoms with van der Waals surface area (Å²) in [5.41, 5.74) is 1.27. The average molecular weight is 321 g/mol. The molecular formula is C13H15BrF2O2. The summed E-state index contributed by atoms with van der Waals surface area (Å²) in [4.78, 5) is 0. The molecule has 1 rings (SSSR count). The van der Waals surface area contributed by atoms with Gasteiger partial charge in [0.15, 0.2) is 0 Å². The molecule has 1 aromatic rings. The van der Waals surface area contributed by atoms with Gasteiger partial charge in [0, 0.05) is 10.0 Å². The van der Waals surface area contributed by atoms with E-state index in [9.17, 15) is 13.9 Å². The lowest BCUT2D eigenvalue weighted by molar-refractivity contribution is -0.0500. The molecule has 18 heavy (non-hydrogen) atoms. The first-order valence-electron chi connectivity index (χ1n) is 5.49. The van der Waals surface area contributed by atoms with Crippen molar-refractivity contribution in [2.75, 3.05) is 6.61 Å². The predicted molar refractivity (Wildman–Crippen MR) is 70.7 cm³/mol. The molecule has 0 aliphatic heterocycles. The third kappa shape index (κ3) is 4.38. The number of hydrogen-bond acceptors (Lipinski definition) is 2. The van der Waals surface area contributed by atoms with Crippen molar-refractivity contribution in [1.29, 1.82) is 0 Å². The van der Waals surface area contributed by atoms with E-state index in [-0.39, 0.29) is 18.3 Å². The zero-order valence-electron chi connectivity index (χ0n) is 10.2. The molecule has 0 radical (unpaired) electrons. The van der Waals surface area contributed by atoms with Crippen molar-refractivity contribution in [1.82, 2.24) is 0 Å². The lowest BCUT2D eigenvalue weighted by Crippen LogP contribution is -2.04.